The van der Waals surface area contributed by atoms with E-state index in [1.54, 1.807) is 6.07 Å². The standard InChI is InChI=1S/C20H19N3O5S/c1-27-13-8-11(17(28-2)16(26)15(13)25)12-9-14(24)22-19-18(12)29-20(23-19)21-10-6-4-3-5-7-10/h3-8,12,25-26H,9H2,1-2H3,(H,21,23)(H,22,24)/t12-/m0/s1. The van der Waals surface area contributed by atoms with Gasteiger partial charge in [-0.25, -0.2) is 4.98 Å². The van der Waals surface area contributed by atoms with Gasteiger partial charge in [0, 0.05) is 23.6 Å². The Morgan fingerprint density at radius 3 is 2.62 bits per heavy atom. The van der Waals surface area contributed by atoms with Crippen molar-refractivity contribution in [2.45, 2.75) is 12.3 Å². The van der Waals surface area contributed by atoms with Crippen LogP contribution in [0.15, 0.2) is 36.4 Å². The number of ether oxygens (including phenoxy) is 2. The Morgan fingerprint density at radius 2 is 1.93 bits per heavy atom. The zero-order chi connectivity index (χ0) is 20.5. The van der Waals surface area contributed by atoms with Gasteiger partial charge in [0.05, 0.1) is 19.1 Å². The number of benzene rings is 2. The van der Waals surface area contributed by atoms with Crippen molar-refractivity contribution < 1.29 is 24.5 Å². The Kier molecular flexibility index (Phi) is 4.89. The lowest BCUT2D eigenvalue weighted by molar-refractivity contribution is -0.116. The molecule has 0 spiro atoms. The van der Waals surface area contributed by atoms with Gasteiger partial charge in [-0.1, -0.05) is 29.5 Å². The molecule has 0 saturated heterocycles. The number of anilines is 3. The summed E-state index contributed by atoms with van der Waals surface area (Å²) >= 11 is 1.40. The van der Waals surface area contributed by atoms with Crippen LogP contribution in [0.4, 0.5) is 16.6 Å². The highest BCUT2D eigenvalue weighted by Crippen LogP contribution is 2.52. The molecule has 1 atom stereocenters. The normalized spacial score (nSPS) is 15.4. The summed E-state index contributed by atoms with van der Waals surface area (Å²) in [6, 6.07) is 11.2. The van der Waals surface area contributed by atoms with Gasteiger partial charge in [0.1, 0.15) is 5.82 Å². The molecule has 3 aromatic rings. The van der Waals surface area contributed by atoms with Crippen LogP contribution >= 0.6 is 11.3 Å². The minimum atomic E-state index is -0.429. The molecule has 1 aliphatic rings. The van der Waals surface area contributed by atoms with Gasteiger partial charge in [0.15, 0.2) is 16.6 Å². The van der Waals surface area contributed by atoms with Crippen molar-refractivity contribution in [2.24, 2.45) is 0 Å². The third-order valence-electron chi connectivity index (χ3n) is 4.66. The van der Waals surface area contributed by atoms with E-state index in [9.17, 15) is 15.0 Å². The third-order valence-corrected chi connectivity index (χ3v) is 5.75. The van der Waals surface area contributed by atoms with Crippen LogP contribution in [0.3, 0.4) is 0 Å². The van der Waals surface area contributed by atoms with Crippen molar-refractivity contribution >= 4 is 33.9 Å². The molecule has 0 fully saturated rings. The molecule has 29 heavy (non-hydrogen) atoms. The number of hydrogen-bond acceptors (Lipinski definition) is 8. The van der Waals surface area contributed by atoms with Crippen LogP contribution in [0.1, 0.15) is 22.8 Å². The first kappa shape index (κ1) is 18.9. The van der Waals surface area contributed by atoms with Gasteiger partial charge in [0.25, 0.3) is 0 Å². The predicted molar refractivity (Wildman–Crippen MR) is 110 cm³/mol. The Hall–Kier alpha value is -3.46. The fraction of sp³-hybridized carbons (Fsp3) is 0.200. The summed E-state index contributed by atoms with van der Waals surface area (Å²) in [6.07, 6.45) is 0.143. The lowest BCUT2D eigenvalue weighted by atomic mass is 9.90. The van der Waals surface area contributed by atoms with Gasteiger partial charge in [-0.3, -0.25) is 4.79 Å². The number of hydrogen-bond donors (Lipinski definition) is 4. The highest BCUT2D eigenvalue weighted by molar-refractivity contribution is 7.16. The molecular formula is C20H19N3O5S. The van der Waals surface area contributed by atoms with Crippen LogP contribution in [0.5, 0.6) is 23.0 Å². The second kappa shape index (κ2) is 7.51. The average Bonchev–Trinajstić information content (AvgIpc) is 3.12. The number of phenolic OH excluding ortho intramolecular Hbond substituents is 2. The van der Waals surface area contributed by atoms with Crippen LogP contribution < -0.4 is 20.1 Å². The SMILES string of the molecule is COc1cc([C@@H]2CC(=O)Nc3nc(Nc4ccccc4)sc32)c(OC)c(O)c1O. The molecule has 1 amide bonds. The van der Waals surface area contributed by atoms with E-state index >= 15 is 0 Å². The molecule has 4 N–H and O–H groups in total. The maximum Gasteiger partial charge on any atom is 0.226 e. The average molecular weight is 413 g/mol. The van der Waals surface area contributed by atoms with Crippen LogP contribution in [-0.2, 0) is 4.79 Å². The Balaban J connectivity index is 1.79. The zero-order valence-electron chi connectivity index (χ0n) is 15.7. The fourth-order valence-corrected chi connectivity index (χ4v) is 4.39. The summed E-state index contributed by atoms with van der Waals surface area (Å²) < 4.78 is 10.5. The van der Waals surface area contributed by atoms with Crippen LogP contribution in [-0.4, -0.2) is 35.3 Å². The van der Waals surface area contributed by atoms with E-state index in [0.29, 0.717) is 16.5 Å². The van der Waals surface area contributed by atoms with E-state index in [4.69, 9.17) is 9.47 Å². The van der Waals surface area contributed by atoms with Crippen LogP contribution in [0.25, 0.3) is 0 Å². The fourth-order valence-electron chi connectivity index (χ4n) is 3.33. The molecule has 0 aliphatic carbocycles. The van der Waals surface area contributed by atoms with Crippen LogP contribution in [0.2, 0.25) is 0 Å². The number of nitrogens with one attached hydrogen (secondary N) is 2. The molecule has 2 heterocycles. The number of thiazole rings is 1. The number of aromatic hydroxyl groups is 2. The van der Waals surface area contributed by atoms with Crippen LogP contribution in [0, 0.1) is 0 Å². The van der Waals surface area contributed by atoms with Gasteiger partial charge in [-0.15, -0.1) is 0 Å². The maximum absolute atomic E-state index is 12.3. The van der Waals surface area contributed by atoms with Gasteiger partial charge in [-0.2, -0.15) is 0 Å². The summed E-state index contributed by atoms with van der Waals surface area (Å²) in [4.78, 5) is 17.6. The Morgan fingerprint density at radius 1 is 1.17 bits per heavy atom. The minimum absolute atomic E-state index is 0.0954. The van der Waals surface area contributed by atoms with Crippen molar-refractivity contribution in [3.05, 3.63) is 46.8 Å². The van der Waals surface area contributed by atoms with Gasteiger partial charge in [0.2, 0.25) is 17.4 Å². The number of fused-ring (bicyclic) bond motifs is 1. The summed E-state index contributed by atoms with van der Waals surface area (Å²) in [5.74, 6) is -0.808. The minimum Gasteiger partial charge on any atom is -0.502 e. The lowest BCUT2D eigenvalue weighted by Gasteiger charge is -2.24. The number of carbonyl (C=O) groups is 1. The third kappa shape index (κ3) is 3.40. The Bertz CT molecular complexity index is 1070. The van der Waals surface area contributed by atoms with Crippen molar-refractivity contribution in [3.63, 3.8) is 0 Å². The van der Waals surface area contributed by atoms with E-state index in [1.807, 2.05) is 30.3 Å². The highest BCUT2D eigenvalue weighted by Gasteiger charge is 2.34. The first-order valence-corrected chi connectivity index (χ1v) is 9.63. The number of para-hydroxylation sites is 1. The van der Waals surface area contributed by atoms with Crippen molar-refractivity contribution in [1.29, 1.82) is 0 Å². The number of phenols is 2. The van der Waals surface area contributed by atoms with E-state index in [-0.39, 0.29) is 23.8 Å². The first-order valence-electron chi connectivity index (χ1n) is 8.81. The highest BCUT2D eigenvalue weighted by atomic mass is 32.1. The largest absolute Gasteiger partial charge is 0.502 e. The van der Waals surface area contributed by atoms with Crippen molar-refractivity contribution in [2.75, 3.05) is 24.9 Å². The number of aromatic nitrogens is 1. The lowest BCUT2D eigenvalue weighted by Crippen LogP contribution is -2.23. The molecule has 0 bridgehead atoms. The van der Waals surface area contributed by atoms with E-state index < -0.39 is 17.4 Å². The van der Waals surface area contributed by atoms with E-state index in [1.165, 1.54) is 25.6 Å². The number of carbonyl (C=O) groups excluding carboxylic acids is 1. The van der Waals surface area contributed by atoms with Gasteiger partial charge < -0.3 is 30.3 Å². The quantitative estimate of drug-likeness (QED) is 0.471. The molecule has 8 nitrogen and oxygen atoms in total. The number of rotatable bonds is 5. The molecule has 1 aliphatic heterocycles. The summed E-state index contributed by atoms with van der Waals surface area (Å²) in [5.41, 5.74) is 1.41. The Labute approximate surface area is 170 Å². The number of nitrogens with zero attached hydrogens (tertiary/aromatic N) is 1. The number of methoxy groups -OCH3 is 2. The molecule has 0 unspecified atom stereocenters. The maximum atomic E-state index is 12.3. The molecule has 1 aromatic heterocycles. The second-order valence-electron chi connectivity index (χ2n) is 6.43. The van der Waals surface area contributed by atoms with E-state index in [0.717, 1.165) is 10.6 Å². The molecule has 150 valence electrons. The van der Waals surface area contributed by atoms with E-state index in [2.05, 4.69) is 15.6 Å². The molecule has 0 saturated carbocycles. The summed E-state index contributed by atoms with van der Waals surface area (Å²) in [5, 5.41) is 27.1. The summed E-state index contributed by atoms with van der Waals surface area (Å²) in [6.45, 7) is 0. The van der Waals surface area contributed by atoms with Gasteiger partial charge >= 0.3 is 0 Å². The molecule has 0 radical (unpaired) electrons. The second-order valence-corrected chi connectivity index (χ2v) is 7.46. The molecule has 4 rings (SSSR count). The van der Waals surface area contributed by atoms with Crippen molar-refractivity contribution in [1.82, 2.24) is 4.98 Å². The van der Waals surface area contributed by atoms with Gasteiger partial charge in [-0.05, 0) is 18.2 Å². The number of amides is 1. The smallest absolute Gasteiger partial charge is 0.226 e. The first-order chi connectivity index (χ1) is 14.0. The molecule has 9 heteroatoms. The monoisotopic (exact) mass is 413 g/mol. The molecule has 2 aromatic carbocycles. The summed E-state index contributed by atoms with van der Waals surface area (Å²) in [7, 11) is 2.78. The topological polar surface area (TPSA) is 113 Å². The predicted octanol–water partition coefficient (Wildman–Crippen LogP) is 3.79. The molecular weight excluding hydrogens is 394 g/mol. The van der Waals surface area contributed by atoms with Crippen molar-refractivity contribution in [3.8, 4) is 23.0 Å². The zero-order valence-corrected chi connectivity index (χ0v) is 16.5.